The molecule has 2 heterocycles. The number of likely N-dealkylation sites (tertiary alicyclic amines) is 1. The number of aliphatic hydroxyl groups excluding tert-OH is 1. The standard InChI is InChI=1S/C19H21NO3/c1-20-8-7-19-13-5-3-12(10-21)18(19)23-17-15(22-2)6-4-11(16(17)19)9-14(13)20/h3-6,14,18,21H,7-10H2,1-2H3/t14-,18+,19+/m1/s1. The van der Waals surface area contributed by atoms with Crippen LogP contribution in [0, 0.1) is 0 Å². The molecule has 0 unspecified atom stereocenters. The van der Waals surface area contributed by atoms with Crippen LogP contribution in [0.1, 0.15) is 17.5 Å². The molecule has 4 heteroatoms. The summed E-state index contributed by atoms with van der Waals surface area (Å²) in [6.45, 7) is 1.10. The van der Waals surface area contributed by atoms with Gasteiger partial charge in [-0.15, -0.1) is 0 Å². The number of likely N-dealkylation sites (N-methyl/N-ethyl adjacent to an activating group) is 1. The number of piperidine rings is 1. The second-order valence-electron chi connectivity index (χ2n) is 7.07. The van der Waals surface area contributed by atoms with E-state index in [0.717, 1.165) is 36.5 Å². The van der Waals surface area contributed by atoms with Gasteiger partial charge in [-0.25, -0.2) is 0 Å². The van der Waals surface area contributed by atoms with Gasteiger partial charge in [-0.1, -0.05) is 18.2 Å². The Labute approximate surface area is 136 Å². The molecule has 4 nitrogen and oxygen atoms in total. The molecule has 1 spiro atoms. The van der Waals surface area contributed by atoms with E-state index in [2.05, 4.69) is 30.2 Å². The molecule has 5 rings (SSSR count). The highest BCUT2D eigenvalue weighted by molar-refractivity contribution is 5.68. The van der Waals surface area contributed by atoms with Crippen molar-refractivity contribution in [3.63, 3.8) is 0 Å². The maximum Gasteiger partial charge on any atom is 0.166 e. The molecule has 120 valence electrons. The predicted octanol–water partition coefficient (Wildman–Crippen LogP) is 1.81. The number of nitrogens with zero attached hydrogens (tertiary/aromatic N) is 1. The Balaban J connectivity index is 1.84. The molecule has 0 saturated carbocycles. The van der Waals surface area contributed by atoms with E-state index in [1.807, 2.05) is 6.07 Å². The van der Waals surface area contributed by atoms with E-state index in [1.54, 1.807) is 7.11 Å². The lowest BCUT2D eigenvalue weighted by molar-refractivity contribution is 0.104. The van der Waals surface area contributed by atoms with Crippen molar-refractivity contribution >= 4 is 0 Å². The quantitative estimate of drug-likeness (QED) is 0.904. The molecular formula is C19H21NO3. The van der Waals surface area contributed by atoms with Crippen molar-refractivity contribution in [2.45, 2.75) is 30.4 Å². The zero-order valence-electron chi connectivity index (χ0n) is 13.5. The number of hydrogen-bond acceptors (Lipinski definition) is 4. The van der Waals surface area contributed by atoms with E-state index in [9.17, 15) is 5.11 Å². The Kier molecular flexibility index (Phi) is 2.61. The summed E-state index contributed by atoms with van der Waals surface area (Å²) in [7, 11) is 3.91. The van der Waals surface area contributed by atoms with Crippen LogP contribution in [0.4, 0.5) is 0 Å². The van der Waals surface area contributed by atoms with Gasteiger partial charge in [-0.05, 0) is 49.2 Å². The molecule has 0 amide bonds. The monoisotopic (exact) mass is 311 g/mol. The van der Waals surface area contributed by atoms with Crippen molar-refractivity contribution in [1.29, 1.82) is 0 Å². The summed E-state index contributed by atoms with van der Waals surface area (Å²) in [6.07, 6.45) is 6.27. The third-order valence-corrected chi connectivity index (χ3v) is 6.23. The Morgan fingerprint density at radius 3 is 3.04 bits per heavy atom. The Bertz CT molecular complexity index is 766. The molecule has 4 aliphatic rings. The first kappa shape index (κ1) is 13.6. The second kappa shape index (κ2) is 4.40. The lowest BCUT2D eigenvalue weighted by Gasteiger charge is -2.53. The molecule has 2 bridgehead atoms. The van der Waals surface area contributed by atoms with Crippen molar-refractivity contribution in [3.8, 4) is 11.5 Å². The number of ether oxygens (including phenoxy) is 2. The first-order chi connectivity index (χ1) is 11.2. The maximum absolute atomic E-state index is 9.84. The topological polar surface area (TPSA) is 41.9 Å². The van der Waals surface area contributed by atoms with Gasteiger partial charge in [-0.2, -0.15) is 0 Å². The summed E-state index contributed by atoms with van der Waals surface area (Å²) in [4.78, 5) is 2.46. The first-order valence-electron chi connectivity index (χ1n) is 8.30. The van der Waals surface area contributed by atoms with Crippen LogP contribution in [0.3, 0.4) is 0 Å². The Morgan fingerprint density at radius 2 is 2.26 bits per heavy atom. The highest BCUT2D eigenvalue weighted by atomic mass is 16.5. The van der Waals surface area contributed by atoms with Gasteiger partial charge in [0.25, 0.3) is 0 Å². The smallest absolute Gasteiger partial charge is 0.166 e. The van der Waals surface area contributed by atoms with E-state index < -0.39 is 0 Å². The molecule has 1 N–H and O–H groups in total. The lowest BCUT2D eigenvalue weighted by atomic mass is 9.56. The predicted molar refractivity (Wildman–Crippen MR) is 87.1 cm³/mol. The van der Waals surface area contributed by atoms with Gasteiger partial charge >= 0.3 is 0 Å². The zero-order chi connectivity index (χ0) is 15.8. The minimum absolute atomic E-state index is 0.0440. The molecule has 1 fully saturated rings. The number of aliphatic hydroxyl groups is 1. The van der Waals surface area contributed by atoms with E-state index >= 15 is 0 Å². The molecule has 1 aromatic rings. The van der Waals surface area contributed by atoms with Crippen LogP contribution in [0.25, 0.3) is 0 Å². The molecule has 0 radical (unpaired) electrons. The zero-order valence-corrected chi connectivity index (χ0v) is 13.5. The summed E-state index contributed by atoms with van der Waals surface area (Å²) >= 11 is 0. The summed E-state index contributed by atoms with van der Waals surface area (Å²) in [5.74, 6) is 1.70. The SMILES string of the molecule is COc1ccc2c3c1O[C@H]1C(CO)=CC=C4[C@@H](C2)N(C)CC[C@]431. The van der Waals surface area contributed by atoms with Crippen molar-refractivity contribution in [3.05, 3.63) is 46.6 Å². The van der Waals surface area contributed by atoms with Gasteiger partial charge in [0.05, 0.1) is 19.1 Å². The Morgan fingerprint density at radius 1 is 1.39 bits per heavy atom. The fraction of sp³-hybridized carbons (Fsp3) is 0.474. The van der Waals surface area contributed by atoms with Gasteiger partial charge in [0.1, 0.15) is 6.10 Å². The van der Waals surface area contributed by atoms with Crippen molar-refractivity contribution in [1.82, 2.24) is 4.90 Å². The normalized spacial score (nSPS) is 33.5. The molecule has 23 heavy (non-hydrogen) atoms. The van der Waals surface area contributed by atoms with Crippen LogP contribution in [-0.2, 0) is 11.8 Å². The number of rotatable bonds is 2. The summed E-state index contributed by atoms with van der Waals surface area (Å²) in [5, 5.41) is 9.84. The van der Waals surface area contributed by atoms with Crippen LogP contribution < -0.4 is 9.47 Å². The van der Waals surface area contributed by atoms with E-state index in [1.165, 1.54) is 16.7 Å². The van der Waals surface area contributed by atoms with E-state index in [0.29, 0.717) is 6.04 Å². The summed E-state index contributed by atoms with van der Waals surface area (Å²) < 4.78 is 12.0. The van der Waals surface area contributed by atoms with E-state index in [4.69, 9.17) is 9.47 Å². The molecule has 0 aromatic heterocycles. The molecule has 1 aromatic carbocycles. The molecule has 3 atom stereocenters. The van der Waals surface area contributed by atoms with Crippen molar-refractivity contribution in [2.24, 2.45) is 0 Å². The highest BCUT2D eigenvalue weighted by Crippen LogP contribution is 2.62. The van der Waals surface area contributed by atoms with Crippen LogP contribution >= 0.6 is 0 Å². The molecular weight excluding hydrogens is 290 g/mol. The Hall–Kier alpha value is -1.78. The minimum Gasteiger partial charge on any atom is -0.493 e. The molecule has 1 saturated heterocycles. The second-order valence-corrected chi connectivity index (χ2v) is 7.07. The minimum atomic E-state index is -0.110. The van der Waals surface area contributed by atoms with E-state index in [-0.39, 0.29) is 18.1 Å². The van der Waals surface area contributed by atoms with Crippen LogP contribution in [-0.4, -0.2) is 49.5 Å². The summed E-state index contributed by atoms with van der Waals surface area (Å²) in [6, 6.07) is 4.65. The third kappa shape index (κ3) is 1.44. The van der Waals surface area contributed by atoms with Crippen LogP contribution in [0.5, 0.6) is 11.5 Å². The van der Waals surface area contributed by atoms with Gasteiger partial charge in [0.2, 0.25) is 0 Å². The van der Waals surface area contributed by atoms with Gasteiger partial charge in [0, 0.05) is 11.6 Å². The molecule has 2 aliphatic heterocycles. The number of benzene rings is 1. The van der Waals surface area contributed by atoms with Crippen LogP contribution in [0.15, 0.2) is 35.4 Å². The fourth-order valence-corrected chi connectivity index (χ4v) is 5.18. The average molecular weight is 311 g/mol. The molecule has 2 aliphatic carbocycles. The van der Waals surface area contributed by atoms with Crippen LogP contribution in [0.2, 0.25) is 0 Å². The number of hydrogen-bond donors (Lipinski definition) is 1. The van der Waals surface area contributed by atoms with Gasteiger partial charge in [-0.3, -0.25) is 4.90 Å². The highest BCUT2D eigenvalue weighted by Gasteiger charge is 2.61. The fourth-order valence-electron chi connectivity index (χ4n) is 5.18. The van der Waals surface area contributed by atoms with Gasteiger partial charge in [0.15, 0.2) is 11.5 Å². The van der Waals surface area contributed by atoms with Crippen molar-refractivity contribution in [2.75, 3.05) is 27.3 Å². The number of methoxy groups -OCH3 is 1. The third-order valence-electron chi connectivity index (χ3n) is 6.23. The average Bonchev–Trinajstić information content (AvgIpc) is 2.92. The van der Waals surface area contributed by atoms with Crippen molar-refractivity contribution < 1.29 is 14.6 Å². The van der Waals surface area contributed by atoms with Gasteiger partial charge < -0.3 is 14.6 Å². The largest absolute Gasteiger partial charge is 0.493 e. The maximum atomic E-state index is 9.84. The first-order valence-corrected chi connectivity index (χ1v) is 8.30. The summed E-state index contributed by atoms with van der Waals surface area (Å²) in [5.41, 5.74) is 5.00. The number of allylic oxidation sites excluding steroid dienone is 2. The lowest BCUT2D eigenvalue weighted by Crippen LogP contribution is -2.58.